The van der Waals surface area contributed by atoms with Gasteiger partial charge in [-0.15, -0.1) is 4.91 Å². The number of nitroso groups, excluding NO2 is 1. The Morgan fingerprint density at radius 1 is 1.24 bits per heavy atom. The summed E-state index contributed by atoms with van der Waals surface area (Å²) in [6.45, 7) is 2.19. The molecule has 0 saturated heterocycles. The van der Waals surface area contributed by atoms with E-state index in [-0.39, 0.29) is 5.69 Å². The van der Waals surface area contributed by atoms with Crippen molar-refractivity contribution in [1.29, 1.82) is 0 Å². The minimum atomic E-state index is 0.280. The molecule has 0 aliphatic heterocycles. The quantitative estimate of drug-likeness (QED) is 0.438. The summed E-state index contributed by atoms with van der Waals surface area (Å²) in [4.78, 5) is 15.8. The molecule has 0 aromatic carbocycles. The van der Waals surface area contributed by atoms with Gasteiger partial charge in [-0.3, -0.25) is 15.7 Å². The Morgan fingerprint density at radius 2 is 2.00 bits per heavy atom. The number of aryl methyl sites for hydroxylation is 1. The van der Waals surface area contributed by atoms with E-state index in [0.717, 1.165) is 48.4 Å². The van der Waals surface area contributed by atoms with Crippen LogP contribution in [0, 0.1) is 4.91 Å². The zero-order valence-electron chi connectivity index (χ0n) is 12.6. The smallest absolute Gasteiger partial charge is 0.144 e. The first kappa shape index (κ1) is 15.6. The molecule has 0 amide bonds. The lowest BCUT2D eigenvalue weighted by Gasteiger charge is -2.11. The second-order valence-corrected chi connectivity index (χ2v) is 5.43. The van der Waals surface area contributed by atoms with E-state index in [0.29, 0.717) is 5.69 Å². The normalized spacial score (nSPS) is 13.0. The van der Waals surface area contributed by atoms with Crippen LogP contribution in [0.2, 0.25) is 0 Å². The molecule has 0 fully saturated rings. The predicted octanol–water partition coefficient (Wildman–Crippen LogP) is 3.15. The summed E-state index contributed by atoms with van der Waals surface area (Å²) in [6, 6.07) is 0. The number of anilines is 1. The third-order valence-corrected chi connectivity index (χ3v) is 3.88. The number of fused-ring (bicyclic) bond motifs is 1. The molecule has 114 valence electrons. The first-order valence-corrected chi connectivity index (χ1v) is 7.78. The Labute approximate surface area is 124 Å². The highest BCUT2D eigenvalue weighted by molar-refractivity contribution is 5.69. The first-order chi connectivity index (χ1) is 10.3. The summed E-state index contributed by atoms with van der Waals surface area (Å²) in [5.41, 5.74) is 3.50. The zero-order chi connectivity index (χ0) is 15.1. The minimum absolute atomic E-state index is 0.280. The van der Waals surface area contributed by atoms with Gasteiger partial charge in [0, 0.05) is 5.22 Å². The average Bonchev–Trinajstić information content (AvgIpc) is 2.53. The fraction of sp³-hybridized carbons (Fsp3) is 0.562. The number of hydrogen-bond acceptors (Lipinski definition) is 5. The Bertz CT molecular complexity index is 611. The molecule has 1 heterocycles. The molecule has 0 spiro atoms. The lowest BCUT2D eigenvalue weighted by molar-refractivity contribution is 0.387. The van der Waals surface area contributed by atoms with Gasteiger partial charge in [0.25, 0.3) is 0 Å². The Balaban J connectivity index is 2.27. The Morgan fingerprint density at radius 3 is 2.71 bits per heavy atom. The lowest BCUT2D eigenvalue weighted by atomic mass is 10.0. The van der Waals surface area contributed by atoms with Crippen LogP contribution in [-0.4, -0.2) is 10.2 Å². The van der Waals surface area contributed by atoms with Gasteiger partial charge in [-0.05, 0) is 30.9 Å². The zero-order valence-corrected chi connectivity index (χ0v) is 12.6. The Hall–Kier alpha value is -1.75. The SMILES string of the molecule is CCCCCCCc1nc2c(c(N=O)c1NO)=CCCC=2. The fourth-order valence-electron chi connectivity index (χ4n) is 2.75. The molecule has 5 nitrogen and oxygen atoms in total. The van der Waals surface area contributed by atoms with Crippen LogP contribution in [0.4, 0.5) is 11.4 Å². The van der Waals surface area contributed by atoms with Crippen molar-refractivity contribution >= 4 is 23.5 Å². The van der Waals surface area contributed by atoms with Crippen LogP contribution in [0.25, 0.3) is 12.2 Å². The molecule has 1 aliphatic rings. The van der Waals surface area contributed by atoms with E-state index in [4.69, 9.17) is 0 Å². The van der Waals surface area contributed by atoms with Gasteiger partial charge in [0.15, 0.2) is 0 Å². The van der Waals surface area contributed by atoms with E-state index in [1.165, 1.54) is 19.3 Å². The van der Waals surface area contributed by atoms with Gasteiger partial charge in [0.1, 0.15) is 11.4 Å². The third-order valence-electron chi connectivity index (χ3n) is 3.88. The van der Waals surface area contributed by atoms with Gasteiger partial charge in [0.2, 0.25) is 0 Å². The van der Waals surface area contributed by atoms with Crippen LogP contribution in [0.1, 0.15) is 57.6 Å². The predicted molar refractivity (Wildman–Crippen MR) is 85.0 cm³/mol. The maximum Gasteiger partial charge on any atom is 0.144 e. The molecule has 21 heavy (non-hydrogen) atoms. The molecule has 0 radical (unpaired) electrons. The standard InChI is InChI=1S/C16H23N3O2/c1-2-3-4-5-6-11-14-16(19-21)15(18-20)12-9-7-8-10-13(12)17-14/h9-10,19,21H,2-8,11H2,1H3. The van der Waals surface area contributed by atoms with Crippen molar-refractivity contribution in [2.24, 2.45) is 5.18 Å². The highest BCUT2D eigenvalue weighted by atomic mass is 16.5. The van der Waals surface area contributed by atoms with Gasteiger partial charge < -0.3 is 0 Å². The average molecular weight is 289 g/mol. The lowest BCUT2D eigenvalue weighted by Crippen LogP contribution is -2.32. The largest absolute Gasteiger partial charge is 0.291 e. The molecule has 0 bridgehead atoms. The minimum Gasteiger partial charge on any atom is -0.291 e. The maximum absolute atomic E-state index is 11.2. The second-order valence-electron chi connectivity index (χ2n) is 5.43. The van der Waals surface area contributed by atoms with Crippen LogP contribution in [0.3, 0.4) is 0 Å². The molecule has 1 aromatic rings. The van der Waals surface area contributed by atoms with Crippen molar-refractivity contribution in [1.82, 2.24) is 4.98 Å². The van der Waals surface area contributed by atoms with Crippen LogP contribution in [0.5, 0.6) is 0 Å². The van der Waals surface area contributed by atoms with Gasteiger partial charge in [0.05, 0.1) is 11.0 Å². The van der Waals surface area contributed by atoms with E-state index >= 15 is 0 Å². The second kappa shape index (κ2) is 7.88. The van der Waals surface area contributed by atoms with Gasteiger partial charge in [-0.1, -0.05) is 44.8 Å². The molecule has 1 aromatic heterocycles. The number of rotatable bonds is 8. The molecular weight excluding hydrogens is 266 g/mol. The molecule has 0 unspecified atom stereocenters. The number of unbranched alkanes of at least 4 members (excludes halogenated alkanes) is 4. The third kappa shape index (κ3) is 3.67. The van der Waals surface area contributed by atoms with E-state index in [9.17, 15) is 10.1 Å². The summed E-state index contributed by atoms with van der Waals surface area (Å²) in [7, 11) is 0. The van der Waals surface area contributed by atoms with Crippen molar-refractivity contribution in [3.05, 3.63) is 21.2 Å². The van der Waals surface area contributed by atoms with Crippen LogP contribution < -0.4 is 16.0 Å². The number of hydrogen-bond donors (Lipinski definition) is 2. The Kier molecular flexibility index (Phi) is 5.87. The first-order valence-electron chi connectivity index (χ1n) is 7.78. The number of pyridine rings is 1. The van der Waals surface area contributed by atoms with Crippen molar-refractivity contribution in [2.75, 3.05) is 5.48 Å². The molecule has 1 aliphatic carbocycles. The topological polar surface area (TPSA) is 74.6 Å². The molecular formula is C16H23N3O2. The van der Waals surface area contributed by atoms with Crippen molar-refractivity contribution in [2.45, 2.75) is 58.3 Å². The van der Waals surface area contributed by atoms with Crippen LogP contribution >= 0.6 is 0 Å². The maximum atomic E-state index is 11.2. The summed E-state index contributed by atoms with van der Waals surface area (Å²) < 4.78 is 0. The van der Waals surface area contributed by atoms with Gasteiger partial charge in [-0.25, -0.2) is 0 Å². The van der Waals surface area contributed by atoms with Crippen molar-refractivity contribution in [3.63, 3.8) is 0 Å². The number of nitrogens with one attached hydrogen (secondary N) is 1. The van der Waals surface area contributed by atoms with Crippen LogP contribution in [0.15, 0.2) is 5.18 Å². The summed E-state index contributed by atoms with van der Waals surface area (Å²) in [5.74, 6) is 0. The molecule has 2 rings (SSSR count). The highest BCUT2D eigenvalue weighted by Gasteiger charge is 2.14. The van der Waals surface area contributed by atoms with Crippen molar-refractivity contribution in [3.8, 4) is 0 Å². The van der Waals surface area contributed by atoms with E-state index in [2.05, 4.69) is 22.6 Å². The van der Waals surface area contributed by atoms with E-state index in [1.54, 1.807) is 0 Å². The number of nitrogens with zero attached hydrogens (tertiary/aromatic N) is 2. The summed E-state index contributed by atoms with van der Waals surface area (Å²) >= 11 is 0. The van der Waals surface area contributed by atoms with Crippen LogP contribution in [-0.2, 0) is 6.42 Å². The summed E-state index contributed by atoms with van der Waals surface area (Å²) in [5, 5.41) is 14.0. The van der Waals surface area contributed by atoms with Gasteiger partial charge in [-0.2, -0.15) is 0 Å². The van der Waals surface area contributed by atoms with Crippen molar-refractivity contribution < 1.29 is 5.21 Å². The fourth-order valence-corrected chi connectivity index (χ4v) is 2.75. The van der Waals surface area contributed by atoms with E-state index < -0.39 is 0 Å². The molecule has 5 heteroatoms. The highest BCUT2D eigenvalue weighted by Crippen LogP contribution is 2.24. The molecule has 0 saturated carbocycles. The summed E-state index contributed by atoms with van der Waals surface area (Å²) in [6.07, 6.45) is 12.4. The van der Waals surface area contributed by atoms with Gasteiger partial charge >= 0.3 is 0 Å². The van der Waals surface area contributed by atoms with E-state index in [1.807, 2.05) is 12.2 Å². The monoisotopic (exact) mass is 289 g/mol. The molecule has 0 atom stereocenters. The molecule has 2 N–H and O–H groups in total. The number of aromatic nitrogens is 1.